The van der Waals surface area contributed by atoms with Crippen molar-refractivity contribution in [3.8, 4) is 0 Å². The Balaban J connectivity index is 2.53. The molecule has 5 nitrogen and oxygen atoms in total. The number of nitrogens with two attached hydrogens (primary N) is 3. The molecule has 0 amide bonds. The van der Waals surface area contributed by atoms with Crippen LogP contribution in [0.1, 0.15) is 39.0 Å². The summed E-state index contributed by atoms with van der Waals surface area (Å²) in [4.78, 5) is 8.04. The fraction of sp³-hybridized carbons (Fsp3) is 0.800. The van der Waals surface area contributed by atoms with Crippen LogP contribution in [0.4, 0.5) is 0 Å². The predicted molar refractivity (Wildman–Crippen MR) is 63.5 cm³/mol. The molecule has 0 heterocycles. The van der Waals surface area contributed by atoms with Gasteiger partial charge in [0, 0.05) is 0 Å². The summed E-state index contributed by atoms with van der Waals surface area (Å²) in [7, 11) is 0. The molecule has 1 aliphatic rings. The van der Waals surface area contributed by atoms with E-state index in [0.29, 0.717) is 0 Å². The van der Waals surface area contributed by atoms with Gasteiger partial charge in [0.15, 0.2) is 5.96 Å². The molecular formula is C10H21N5. The lowest BCUT2D eigenvalue weighted by molar-refractivity contribution is 0.499. The Kier molecular flexibility index (Phi) is 4.39. The molecule has 0 aromatic rings. The molecular weight excluding hydrogens is 190 g/mol. The number of guanidine groups is 2. The van der Waals surface area contributed by atoms with Gasteiger partial charge in [-0.15, -0.1) is 0 Å². The molecule has 0 aromatic heterocycles. The van der Waals surface area contributed by atoms with Crippen molar-refractivity contribution in [3.63, 3.8) is 0 Å². The van der Waals surface area contributed by atoms with Gasteiger partial charge in [-0.25, -0.2) is 4.99 Å². The molecule has 2 unspecified atom stereocenters. The van der Waals surface area contributed by atoms with E-state index in [1.165, 1.54) is 19.3 Å². The van der Waals surface area contributed by atoms with E-state index in [-0.39, 0.29) is 18.0 Å². The van der Waals surface area contributed by atoms with Crippen LogP contribution in [0.5, 0.6) is 0 Å². The zero-order valence-corrected chi connectivity index (χ0v) is 9.32. The quantitative estimate of drug-likeness (QED) is 0.335. The van der Waals surface area contributed by atoms with Crippen LogP contribution in [0, 0.1) is 5.92 Å². The van der Waals surface area contributed by atoms with Crippen LogP contribution in [-0.2, 0) is 0 Å². The smallest absolute Gasteiger partial charge is 0.218 e. The van der Waals surface area contributed by atoms with Crippen LogP contribution in [0.15, 0.2) is 9.98 Å². The van der Waals surface area contributed by atoms with E-state index < -0.39 is 0 Å². The molecule has 0 radical (unpaired) electrons. The Labute approximate surface area is 90.8 Å². The van der Waals surface area contributed by atoms with Crippen molar-refractivity contribution >= 4 is 11.9 Å². The van der Waals surface area contributed by atoms with Crippen molar-refractivity contribution in [1.82, 2.24) is 0 Å². The highest BCUT2D eigenvalue weighted by atomic mass is 15.1. The molecule has 1 rings (SSSR count). The summed E-state index contributed by atoms with van der Waals surface area (Å²) < 4.78 is 0. The van der Waals surface area contributed by atoms with Gasteiger partial charge in [0.1, 0.15) is 0 Å². The molecule has 2 atom stereocenters. The van der Waals surface area contributed by atoms with E-state index in [1.54, 1.807) is 0 Å². The lowest BCUT2D eigenvalue weighted by Gasteiger charge is -2.08. The van der Waals surface area contributed by atoms with Crippen LogP contribution in [-0.4, -0.2) is 18.0 Å². The van der Waals surface area contributed by atoms with E-state index in [2.05, 4.69) is 16.9 Å². The molecule has 0 aliphatic heterocycles. The molecule has 15 heavy (non-hydrogen) atoms. The first-order valence-corrected chi connectivity index (χ1v) is 5.51. The van der Waals surface area contributed by atoms with Gasteiger partial charge in [0.2, 0.25) is 5.96 Å². The Bertz CT molecular complexity index is 255. The van der Waals surface area contributed by atoms with E-state index in [4.69, 9.17) is 17.2 Å². The van der Waals surface area contributed by atoms with Crippen LogP contribution >= 0.6 is 0 Å². The van der Waals surface area contributed by atoms with Crippen LogP contribution in [0.3, 0.4) is 0 Å². The van der Waals surface area contributed by atoms with Crippen molar-refractivity contribution < 1.29 is 0 Å². The number of aliphatic imine (C=N–C) groups is 2. The first-order chi connectivity index (χ1) is 7.08. The summed E-state index contributed by atoms with van der Waals surface area (Å²) in [6, 6.07) is 0.290. The van der Waals surface area contributed by atoms with Crippen LogP contribution in [0.25, 0.3) is 0 Å². The van der Waals surface area contributed by atoms with Gasteiger partial charge in [-0.2, -0.15) is 4.99 Å². The van der Waals surface area contributed by atoms with Gasteiger partial charge in [-0.05, 0) is 25.2 Å². The van der Waals surface area contributed by atoms with Gasteiger partial charge in [0.05, 0.1) is 6.04 Å². The molecule has 1 fully saturated rings. The first kappa shape index (κ1) is 11.8. The van der Waals surface area contributed by atoms with Crippen LogP contribution in [0.2, 0.25) is 0 Å². The van der Waals surface area contributed by atoms with Gasteiger partial charge >= 0.3 is 0 Å². The van der Waals surface area contributed by atoms with Gasteiger partial charge in [-0.3, -0.25) is 0 Å². The summed E-state index contributed by atoms with van der Waals surface area (Å²) in [6.45, 7) is 2.28. The first-order valence-electron chi connectivity index (χ1n) is 5.51. The number of rotatable bonds is 1. The third-order valence-electron chi connectivity index (χ3n) is 2.79. The molecule has 1 saturated carbocycles. The lowest BCUT2D eigenvalue weighted by atomic mass is 10.0. The Morgan fingerprint density at radius 1 is 1.07 bits per heavy atom. The summed E-state index contributed by atoms with van der Waals surface area (Å²) in [5, 5.41) is 0. The largest absolute Gasteiger partial charge is 0.370 e. The number of nitrogens with zero attached hydrogens (tertiary/aromatic N) is 2. The predicted octanol–water partition coefficient (Wildman–Crippen LogP) is 0.543. The molecule has 1 aliphatic carbocycles. The molecule has 0 spiro atoms. The highest BCUT2D eigenvalue weighted by Gasteiger charge is 2.15. The monoisotopic (exact) mass is 211 g/mol. The number of hydrogen-bond donors (Lipinski definition) is 3. The maximum atomic E-state index is 5.59. The summed E-state index contributed by atoms with van der Waals surface area (Å²) in [5.74, 6) is 0.974. The lowest BCUT2D eigenvalue weighted by Crippen LogP contribution is -2.27. The van der Waals surface area contributed by atoms with Crippen molar-refractivity contribution in [2.75, 3.05) is 0 Å². The maximum absolute atomic E-state index is 5.59. The number of hydrogen-bond acceptors (Lipinski definition) is 1. The van der Waals surface area contributed by atoms with Gasteiger partial charge < -0.3 is 17.2 Å². The normalized spacial score (nSPS) is 28.2. The maximum Gasteiger partial charge on any atom is 0.218 e. The highest BCUT2D eigenvalue weighted by Crippen LogP contribution is 2.24. The second-order valence-electron chi connectivity index (χ2n) is 4.29. The Morgan fingerprint density at radius 3 is 2.47 bits per heavy atom. The third kappa shape index (κ3) is 4.67. The summed E-state index contributed by atoms with van der Waals surface area (Å²) >= 11 is 0. The minimum Gasteiger partial charge on any atom is -0.370 e. The molecule has 86 valence electrons. The van der Waals surface area contributed by atoms with Crippen molar-refractivity contribution in [3.05, 3.63) is 0 Å². The SMILES string of the molecule is CC1CCCC(N=C(N)N=C(N)N)CC1. The second-order valence-corrected chi connectivity index (χ2v) is 4.29. The summed E-state index contributed by atoms with van der Waals surface area (Å²) in [5.41, 5.74) is 16.0. The van der Waals surface area contributed by atoms with E-state index in [1.807, 2.05) is 0 Å². The fourth-order valence-corrected chi connectivity index (χ4v) is 1.94. The standard InChI is InChI=1S/C10H21N5/c1-7-3-2-4-8(6-5-7)14-10(13)15-9(11)12/h7-8H,2-6H2,1H3,(H6,11,12,13,14,15). The van der Waals surface area contributed by atoms with Crippen molar-refractivity contribution in [2.45, 2.75) is 45.1 Å². The van der Waals surface area contributed by atoms with Crippen molar-refractivity contribution in [1.29, 1.82) is 0 Å². The zero-order chi connectivity index (χ0) is 11.3. The Hall–Kier alpha value is -1.26. The van der Waals surface area contributed by atoms with Gasteiger partial charge in [0.25, 0.3) is 0 Å². The van der Waals surface area contributed by atoms with Crippen LogP contribution < -0.4 is 17.2 Å². The Morgan fingerprint density at radius 2 is 1.80 bits per heavy atom. The average molecular weight is 211 g/mol. The minimum absolute atomic E-state index is 0.0294. The minimum atomic E-state index is -0.0294. The fourth-order valence-electron chi connectivity index (χ4n) is 1.94. The summed E-state index contributed by atoms with van der Waals surface area (Å²) in [6.07, 6.45) is 5.88. The third-order valence-corrected chi connectivity index (χ3v) is 2.79. The molecule has 0 aromatic carbocycles. The molecule has 5 heteroatoms. The van der Waals surface area contributed by atoms with Crippen molar-refractivity contribution in [2.24, 2.45) is 33.1 Å². The molecule has 0 saturated heterocycles. The zero-order valence-electron chi connectivity index (χ0n) is 9.32. The average Bonchev–Trinajstić information content (AvgIpc) is 2.29. The topological polar surface area (TPSA) is 103 Å². The highest BCUT2D eigenvalue weighted by molar-refractivity contribution is 5.92. The van der Waals surface area contributed by atoms with Gasteiger partial charge in [-0.1, -0.05) is 19.8 Å². The second kappa shape index (κ2) is 5.58. The van der Waals surface area contributed by atoms with E-state index >= 15 is 0 Å². The molecule has 0 bridgehead atoms. The van der Waals surface area contributed by atoms with E-state index in [0.717, 1.165) is 18.8 Å². The molecule has 6 N–H and O–H groups in total. The van der Waals surface area contributed by atoms with E-state index in [9.17, 15) is 0 Å².